The number of piperazine rings is 1. The minimum atomic E-state index is -3.59. The number of hydrogen-bond acceptors (Lipinski definition) is 6. The number of carbonyl (C=O) groups is 2. The Morgan fingerprint density at radius 1 is 1.14 bits per heavy atom. The Hall–Kier alpha value is -1.97. The largest absolute Gasteiger partial charge is 0.454 e. The van der Waals surface area contributed by atoms with Crippen LogP contribution in [0.3, 0.4) is 0 Å². The molecule has 154 valence electrons. The van der Waals surface area contributed by atoms with Gasteiger partial charge in [-0.05, 0) is 49.9 Å². The zero-order valence-corrected chi connectivity index (χ0v) is 17.0. The molecule has 0 saturated carbocycles. The van der Waals surface area contributed by atoms with Gasteiger partial charge < -0.3 is 14.4 Å². The summed E-state index contributed by atoms with van der Waals surface area (Å²) in [5, 5.41) is 0. The number of benzene rings is 1. The fraction of sp³-hybridized carbons (Fsp3) is 0.579. The number of amides is 1. The molecule has 1 atom stereocenters. The van der Waals surface area contributed by atoms with Gasteiger partial charge in [0.25, 0.3) is 5.91 Å². The van der Waals surface area contributed by atoms with Crippen molar-refractivity contribution in [3.05, 3.63) is 29.3 Å². The molecule has 2 saturated heterocycles. The lowest BCUT2D eigenvalue weighted by Crippen LogP contribution is -2.51. The molecular formula is C19H26N2O6S. The molecule has 1 amide bonds. The lowest BCUT2D eigenvalue weighted by molar-refractivity contribution is -0.160. The maximum absolute atomic E-state index is 12.8. The second kappa shape index (κ2) is 8.59. The summed E-state index contributed by atoms with van der Waals surface area (Å²) in [4.78, 5) is 25.9. The lowest BCUT2D eigenvalue weighted by atomic mass is 10.1. The van der Waals surface area contributed by atoms with E-state index in [0.717, 1.165) is 17.5 Å². The Morgan fingerprint density at radius 3 is 2.46 bits per heavy atom. The molecule has 0 radical (unpaired) electrons. The summed E-state index contributed by atoms with van der Waals surface area (Å²) in [6.45, 7) is 4.94. The van der Waals surface area contributed by atoms with Crippen LogP contribution in [0.1, 0.15) is 24.0 Å². The molecular weight excluding hydrogens is 384 g/mol. The third-order valence-corrected chi connectivity index (χ3v) is 7.13. The highest BCUT2D eigenvalue weighted by atomic mass is 32.2. The van der Waals surface area contributed by atoms with E-state index in [2.05, 4.69) is 0 Å². The van der Waals surface area contributed by atoms with Crippen molar-refractivity contribution in [2.45, 2.75) is 37.7 Å². The van der Waals surface area contributed by atoms with Gasteiger partial charge in [-0.2, -0.15) is 4.31 Å². The van der Waals surface area contributed by atoms with Crippen LogP contribution in [0.2, 0.25) is 0 Å². The standard InChI is InChI=1S/C19H26N2O6S/c1-14-5-6-16(12-15(14)2)28(24,25)21-9-7-20(8-10-21)18(22)13-27-19(23)17-4-3-11-26-17/h5-6,12,17H,3-4,7-11,13H2,1-2H3/t17-/m1/s1. The summed E-state index contributed by atoms with van der Waals surface area (Å²) in [6.07, 6.45) is 0.847. The zero-order valence-electron chi connectivity index (χ0n) is 16.2. The molecule has 2 aliphatic heterocycles. The molecule has 1 aromatic carbocycles. The van der Waals surface area contributed by atoms with E-state index in [1.165, 1.54) is 9.21 Å². The first kappa shape index (κ1) is 20.8. The molecule has 0 aliphatic carbocycles. The van der Waals surface area contributed by atoms with Crippen molar-refractivity contribution < 1.29 is 27.5 Å². The third-order valence-electron chi connectivity index (χ3n) is 5.24. The van der Waals surface area contributed by atoms with Gasteiger partial charge >= 0.3 is 5.97 Å². The van der Waals surface area contributed by atoms with Gasteiger partial charge in [-0.1, -0.05) is 6.07 Å². The summed E-state index contributed by atoms with van der Waals surface area (Å²) in [5.41, 5.74) is 1.95. The van der Waals surface area contributed by atoms with Gasteiger partial charge in [0.05, 0.1) is 4.90 Å². The van der Waals surface area contributed by atoms with E-state index < -0.39 is 22.1 Å². The number of carbonyl (C=O) groups excluding carboxylic acids is 2. The Morgan fingerprint density at radius 2 is 1.86 bits per heavy atom. The van der Waals surface area contributed by atoms with Crippen molar-refractivity contribution >= 4 is 21.9 Å². The number of aryl methyl sites for hydroxylation is 2. The summed E-state index contributed by atoms with van der Waals surface area (Å²) < 4.78 is 37.3. The summed E-state index contributed by atoms with van der Waals surface area (Å²) in [5.74, 6) is -0.837. The average Bonchev–Trinajstić information content (AvgIpc) is 3.23. The molecule has 0 spiro atoms. The van der Waals surface area contributed by atoms with Crippen molar-refractivity contribution in [1.82, 2.24) is 9.21 Å². The number of rotatable bonds is 5. The Bertz CT molecular complexity index is 840. The molecule has 0 bridgehead atoms. The zero-order chi connectivity index (χ0) is 20.3. The fourth-order valence-electron chi connectivity index (χ4n) is 3.28. The number of hydrogen-bond donors (Lipinski definition) is 0. The van der Waals surface area contributed by atoms with Crippen LogP contribution in [0, 0.1) is 13.8 Å². The topological polar surface area (TPSA) is 93.2 Å². The second-order valence-corrected chi connectivity index (χ2v) is 9.08. The fourth-order valence-corrected chi connectivity index (χ4v) is 4.79. The van der Waals surface area contributed by atoms with Gasteiger partial charge in [-0.15, -0.1) is 0 Å². The molecule has 1 aromatic rings. The monoisotopic (exact) mass is 410 g/mol. The number of ether oxygens (including phenoxy) is 2. The van der Waals surface area contributed by atoms with Gasteiger partial charge in [-0.3, -0.25) is 4.79 Å². The molecule has 9 heteroatoms. The Balaban J connectivity index is 1.52. The molecule has 2 aliphatic rings. The van der Waals surface area contributed by atoms with E-state index in [9.17, 15) is 18.0 Å². The highest BCUT2D eigenvalue weighted by Gasteiger charge is 2.31. The highest BCUT2D eigenvalue weighted by molar-refractivity contribution is 7.89. The third kappa shape index (κ3) is 4.53. The van der Waals surface area contributed by atoms with Crippen molar-refractivity contribution in [3.63, 3.8) is 0 Å². The first-order chi connectivity index (χ1) is 13.3. The average molecular weight is 410 g/mol. The van der Waals surface area contributed by atoms with Crippen LogP contribution >= 0.6 is 0 Å². The SMILES string of the molecule is Cc1ccc(S(=O)(=O)N2CCN(C(=O)COC(=O)[C@H]3CCCO3)CC2)cc1C. The van der Waals surface area contributed by atoms with Crippen LogP contribution in [-0.2, 0) is 29.1 Å². The maximum Gasteiger partial charge on any atom is 0.335 e. The van der Waals surface area contributed by atoms with E-state index in [-0.39, 0.29) is 43.6 Å². The number of sulfonamides is 1. The highest BCUT2D eigenvalue weighted by Crippen LogP contribution is 2.20. The minimum Gasteiger partial charge on any atom is -0.454 e. The van der Waals surface area contributed by atoms with Gasteiger partial charge in [0.15, 0.2) is 12.7 Å². The first-order valence-corrected chi connectivity index (χ1v) is 10.9. The van der Waals surface area contributed by atoms with E-state index in [4.69, 9.17) is 9.47 Å². The Labute approximate surface area is 165 Å². The lowest BCUT2D eigenvalue weighted by Gasteiger charge is -2.34. The molecule has 0 unspecified atom stereocenters. The van der Waals surface area contributed by atoms with Crippen LogP contribution < -0.4 is 0 Å². The van der Waals surface area contributed by atoms with Crippen LogP contribution in [0.4, 0.5) is 0 Å². The van der Waals surface area contributed by atoms with Gasteiger partial charge in [0.2, 0.25) is 10.0 Å². The quantitative estimate of drug-likeness (QED) is 0.669. The molecule has 28 heavy (non-hydrogen) atoms. The Kier molecular flexibility index (Phi) is 6.36. The van der Waals surface area contributed by atoms with Gasteiger partial charge in [0, 0.05) is 32.8 Å². The van der Waals surface area contributed by atoms with Crippen molar-refractivity contribution in [1.29, 1.82) is 0 Å². The molecule has 8 nitrogen and oxygen atoms in total. The molecule has 2 fully saturated rings. The molecule has 3 rings (SSSR count). The maximum atomic E-state index is 12.8. The van der Waals surface area contributed by atoms with Crippen molar-refractivity contribution in [2.24, 2.45) is 0 Å². The predicted molar refractivity (Wildman–Crippen MR) is 101 cm³/mol. The van der Waals surface area contributed by atoms with Crippen LogP contribution in [-0.4, -0.2) is 75.0 Å². The second-order valence-electron chi connectivity index (χ2n) is 7.14. The molecule has 2 heterocycles. The minimum absolute atomic E-state index is 0.209. The van der Waals surface area contributed by atoms with E-state index in [0.29, 0.717) is 13.0 Å². The van der Waals surface area contributed by atoms with Gasteiger partial charge in [0.1, 0.15) is 0 Å². The number of esters is 1. The van der Waals surface area contributed by atoms with E-state index >= 15 is 0 Å². The first-order valence-electron chi connectivity index (χ1n) is 9.42. The van der Waals surface area contributed by atoms with Crippen molar-refractivity contribution in [3.8, 4) is 0 Å². The van der Waals surface area contributed by atoms with E-state index in [1.54, 1.807) is 18.2 Å². The normalized spacial score (nSPS) is 20.9. The smallest absolute Gasteiger partial charge is 0.335 e. The van der Waals surface area contributed by atoms with Crippen LogP contribution in [0.5, 0.6) is 0 Å². The summed E-state index contributed by atoms with van der Waals surface area (Å²) >= 11 is 0. The summed E-state index contributed by atoms with van der Waals surface area (Å²) in [7, 11) is -3.59. The summed E-state index contributed by atoms with van der Waals surface area (Å²) in [6, 6.07) is 5.08. The van der Waals surface area contributed by atoms with Crippen molar-refractivity contribution in [2.75, 3.05) is 39.4 Å². The van der Waals surface area contributed by atoms with Gasteiger partial charge in [-0.25, -0.2) is 13.2 Å². The molecule has 0 aromatic heterocycles. The number of nitrogens with zero attached hydrogens (tertiary/aromatic N) is 2. The van der Waals surface area contributed by atoms with Crippen LogP contribution in [0.15, 0.2) is 23.1 Å². The molecule has 0 N–H and O–H groups in total. The van der Waals surface area contributed by atoms with Crippen LogP contribution in [0.25, 0.3) is 0 Å². The predicted octanol–water partition coefficient (Wildman–Crippen LogP) is 0.859. The van der Waals surface area contributed by atoms with E-state index in [1.807, 2.05) is 13.8 Å².